The summed E-state index contributed by atoms with van der Waals surface area (Å²) in [5.41, 5.74) is 0.578. The van der Waals surface area contributed by atoms with E-state index >= 15 is 0 Å². The van der Waals surface area contributed by atoms with Gasteiger partial charge in [-0.25, -0.2) is 4.79 Å². The highest BCUT2D eigenvalue weighted by Crippen LogP contribution is 2.35. The average Bonchev–Trinajstić information content (AvgIpc) is 2.85. The van der Waals surface area contributed by atoms with Crippen LogP contribution in [0, 0.1) is 0 Å². The van der Waals surface area contributed by atoms with Gasteiger partial charge in [0.05, 0.1) is 13.7 Å². The van der Waals surface area contributed by atoms with Crippen molar-refractivity contribution < 1.29 is 19.1 Å². The molecule has 1 heterocycles. The molecule has 0 aromatic heterocycles. The number of hydrogen-bond donors (Lipinski definition) is 1. The number of nitrogens with one attached hydrogen (secondary N) is 1. The number of carbonyl (C=O) groups is 3. The maximum absolute atomic E-state index is 13.1. The third-order valence-corrected chi connectivity index (χ3v) is 5.39. The molecular formula is C20H19BrN2O4. The zero-order valence-corrected chi connectivity index (χ0v) is 16.8. The third kappa shape index (κ3) is 3.35. The highest BCUT2D eigenvalue weighted by atomic mass is 79.9. The van der Waals surface area contributed by atoms with Crippen molar-refractivity contribution in [3.63, 3.8) is 0 Å². The second-order valence-electron chi connectivity index (χ2n) is 6.51. The van der Waals surface area contributed by atoms with Gasteiger partial charge in [0, 0.05) is 21.2 Å². The van der Waals surface area contributed by atoms with Gasteiger partial charge < -0.3 is 10.1 Å². The van der Waals surface area contributed by atoms with E-state index < -0.39 is 11.6 Å². The number of nitrogens with zero attached hydrogens (tertiary/aromatic N) is 1. The highest BCUT2D eigenvalue weighted by molar-refractivity contribution is 9.10. The van der Waals surface area contributed by atoms with Gasteiger partial charge in [-0.3, -0.25) is 14.5 Å². The Labute approximate surface area is 165 Å². The van der Waals surface area contributed by atoms with Gasteiger partial charge in [0.15, 0.2) is 5.78 Å². The second kappa shape index (κ2) is 7.15. The Morgan fingerprint density at radius 2 is 1.93 bits per heavy atom. The summed E-state index contributed by atoms with van der Waals surface area (Å²) in [6.07, 6.45) is 0. The van der Waals surface area contributed by atoms with E-state index in [1.54, 1.807) is 31.2 Å². The molecule has 0 spiro atoms. The Morgan fingerprint density at radius 1 is 1.22 bits per heavy atom. The number of Topliss-reactive ketones (excluding diaryl/α,β-unsaturated/α-hetero) is 1. The summed E-state index contributed by atoms with van der Waals surface area (Å²) >= 11 is 3.44. The monoisotopic (exact) mass is 430 g/mol. The number of hydrogen-bond acceptors (Lipinski definition) is 4. The Hall–Kier alpha value is -2.67. The minimum Gasteiger partial charge on any atom is -0.496 e. The largest absolute Gasteiger partial charge is 0.496 e. The lowest BCUT2D eigenvalue weighted by molar-refractivity contribution is -0.131. The van der Waals surface area contributed by atoms with Crippen LogP contribution in [0.15, 0.2) is 46.9 Å². The number of methoxy groups -OCH3 is 1. The zero-order chi connectivity index (χ0) is 19.8. The number of halogens is 1. The van der Waals surface area contributed by atoms with Crippen LogP contribution in [0.1, 0.15) is 35.3 Å². The van der Waals surface area contributed by atoms with Gasteiger partial charge in [-0.15, -0.1) is 0 Å². The summed E-state index contributed by atoms with van der Waals surface area (Å²) in [4.78, 5) is 38.5. The van der Waals surface area contributed by atoms with Gasteiger partial charge >= 0.3 is 6.03 Å². The van der Waals surface area contributed by atoms with Gasteiger partial charge in [0.1, 0.15) is 11.3 Å². The fourth-order valence-electron chi connectivity index (χ4n) is 3.18. The molecule has 1 N–H and O–H groups in total. The van der Waals surface area contributed by atoms with Crippen molar-refractivity contribution in [2.45, 2.75) is 25.9 Å². The van der Waals surface area contributed by atoms with Crippen molar-refractivity contribution in [2.24, 2.45) is 0 Å². The fraction of sp³-hybridized carbons (Fsp3) is 0.250. The predicted molar refractivity (Wildman–Crippen MR) is 104 cm³/mol. The number of ketones is 1. The Morgan fingerprint density at radius 3 is 2.56 bits per heavy atom. The molecule has 0 saturated carbocycles. The fourth-order valence-corrected chi connectivity index (χ4v) is 3.86. The number of imide groups is 1. The van der Waals surface area contributed by atoms with Crippen molar-refractivity contribution in [3.8, 4) is 5.75 Å². The standard InChI is InChI=1S/C20H19BrN2O4/c1-12(24)13-8-9-17(27-3)14(10-13)11-23-18(25)20(2,22-19(23)26)15-6-4-5-7-16(15)21/h4-10H,11H2,1-3H3,(H,22,26). The Balaban J connectivity index is 1.97. The lowest BCUT2D eigenvalue weighted by Gasteiger charge is -2.23. The molecule has 1 unspecified atom stereocenters. The number of urea groups is 1. The molecule has 3 amide bonds. The van der Waals surface area contributed by atoms with Crippen LogP contribution >= 0.6 is 15.9 Å². The molecule has 7 heteroatoms. The van der Waals surface area contributed by atoms with Crippen molar-refractivity contribution in [1.29, 1.82) is 0 Å². The molecule has 2 aromatic carbocycles. The van der Waals surface area contributed by atoms with E-state index in [-0.39, 0.29) is 18.2 Å². The molecule has 1 saturated heterocycles. The van der Waals surface area contributed by atoms with Crippen molar-refractivity contribution in [1.82, 2.24) is 10.2 Å². The molecule has 2 aromatic rings. The molecule has 1 fully saturated rings. The van der Waals surface area contributed by atoms with Crippen LogP contribution in [0.2, 0.25) is 0 Å². The van der Waals surface area contributed by atoms with Gasteiger partial charge in [0.25, 0.3) is 5.91 Å². The quantitative estimate of drug-likeness (QED) is 0.580. The molecule has 1 aliphatic heterocycles. The summed E-state index contributed by atoms with van der Waals surface area (Å²) in [5.74, 6) is 0.0407. The lowest BCUT2D eigenvalue weighted by atomic mass is 9.92. The minimum atomic E-state index is -1.18. The highest BCUT2D eigenvalue weighted by Gasteiger charge is 2.49. The summed E-state index contributed by atoms with van der Waals surface area (Å²) in [5, 5.41) is 2.78. The second-order valence-corrected chi connectivity index (χ2v) is 7.36. The van der Waals surface area contributed by atoms with Crippen LogP contribution in [0.5, 0.6) is 5.75 Å². The summed E-state index contributed by atoms with van der Waals surface area (Å²) < 4.78 is 6.06. The molecule has 27 heavy (non-hydrogen) atoms. The zero-order valence-electron chi connectivity index (χ0n) is 15.2. The first kappa shape index (κ1) is 19.1. The van der Waals surface area contributed by atoms with E-state index in [1.165, 1.54) is 14.0 Å². The van der Waals surface area contributed by atoms with Crippen LogP contribution in [0.4, 0.5) is 4.79 Å². The number of amides is 3. The first-order valence-corrected chi connectivity index (χ1v) is 9.14. The van der Waals surface area contributed by atoms with Gasteiger partial charge in [-0.1, -0.05) is 34.1 Å². The van der Waals surface area contributed by atoms with Crippen LogP contribution in [0.25, 0.3) is 0 Å². The SMILES string of the molecule is COc1ccc(C(C)=O)cc1CN1C(=O)NC(C)(c2ccccc2Br)C1=O. The Bertz CT molecular complexity index is 943. The topological polar surface area (TPSA) is 75.7 Å². The van der Waals surface area contributed by atoms with Gasteiger partial charge in [0.2, 0.25) is 0 Å². The number of ether oxygens (including phenoxy) is 1. The van der Waals surface area contributed by atoms with Crippen molar-refractivity contribution in [3.05, 3.63) is 63.6 Å². The van der Waals surface area contributed by atoms with E-state index in [0.29, 0.717) is 22.4 Å². The molecule has 1 atom stereocenters. The van der Waals surface area contributed by atoms with Gasteiger partial charge in [-0.05, 0) is 38.1 Å². The Kier molecular flexibility index (Phi) is 5.06. The minimum absolute atomic E-state index is 0.00893. The van der Waals surface area contributed by atoms with E-state index in [1.807, 2.05) is 18.2 Å². The summed E-state index contributed by atoms with van der Waals surface area (Å²) in [6, 6.07) is 11.7. The lowest BCUT2D eigenvalue weighted by Crippen LogP contribution is -2.41. The first-order valence-electron chi connectivity index (χ1n) is 8.35. The van der Waals surface area contributed by atoms with Crippen molar-refractivity contribution >= 4 is 33.7 Å². The average molecular weight is 431 g/mol. The maximum atomic E-state index is 13.1. The number of carbonyl (C=O) groups excluding carboxylic acids is 3. The van der Waals surface area contributed by atoms with E-state index in [9.17, 15) is 14.4 Å². The summed E-state index contributed by atoms with van der Waals surface area (Å²) in [7, 11) is 1.50. The normalized spacial score (nSPS) is 19.2. The molecule has 0 aliphatic carbocycles. The van der Waals surface area contributed by atoms with Crippen LogP contribution in [0.3, 0.4) is 0 Å². The number of rotatable bonds is 5. The van der Waals surface area contributed by atoms with E-state index in [0.717, 1.165) is 9.37 Å². The molecule has 3 rings (SSSR count). The predicted octanol–water partition coefficient (Wildman–Crippen LogP) is 3.63. The third-order valence-electron chi connectivity index (χ3n) is 4.70. The van der Waals surface area contributed by atoms with E-state index in [4.69, 9.17) is 4.74 Å². The molecule has 6 nitrogen and oxygen atoms in total. The van der Waals surface area contributed by atoms with Crippen LogP contribution in [-0.2, 0) is 16.9 Å². The van der Waals surface area contributed by atoms with E-state index in [2.05, 4.69) is 21.2 Å². The van der Waals surface area contributed by atoms with Crippen LogP contribution in [-0.4, -0.2) is 29.7 Å². The molecular weight excluding hydrogens is 412 g/mol. The molecule has 0 bridgehead atoms. The van der Waals surface area contributed by atoms with Gasteiger partial charge in [-0.2, -0.15) is 0 Å². The summed E-state index contributed by atoms with van der Waals surface area (Å²) in [6.45, 7) is 3.15. The van der Waals surface area contributed by atoms with Crippen molar-refractivity contribution in [2.75, 3.05) is 7.11 Å². The molecule has 1 aliphatic rings. The van der Waals surface area contributed by atoms with Crippen LogP contribution < -0.4 is 10.1 Å². The smallest absolute Gasteiger partial charge is 0.325 e. The molecule has 140 valence electrons. The molecule has 0 radical (unpaired) electrons. The number of benzene rings is 2. The maximum Gasteiger partial charge on any atom is 0.325 e. The first-order chi connectivity index (χ1) is 12.8.